The molecule has 0 aromatic carbocycles. The first-order chi connectivity index (χ1) is 11.3. The average Bonchev–Trinajstić information content (AvgIpc) is 3.16. The second kappa shape index (κ2) is 5.90. The molecule has 2 aliphatic heterocycles. The molecule has 2 aromatic rings. The first kappa shape index (κ1) is 14.6. The summed E-state index contributed by atoms with van der Waals surface area (Å²) in [5, 5.41) is 8.43. The van der Waals surface area contributed by atoms with E-state index in [2.05, 4.69) is 15.3 Å². The molecule has 122 valence electrons. The van der Waals surface area contributed by atoms with Crippen molar-refractivity contribution >= 4 is 0 Å². The predicted molar refractivity (Wildman–Crippen MR) is 82.1 cm³/mol. The number of nitrogens with zero attached hydrogens (tertiary/aromatic N) is 4. The lowest BCUT2D eigenvalue weighted by molar-refractivity contribution is -0.201. The Labute approximate surface area is 134 Å². The Morgan fingerprint density at radius 2 is 2.30 bits per heavy atom. The summed E-state index contributed by atoms with van der Waals surface area (Å²) >= 11 is 0. The van der Waals surface area contributed by atoms with Gasteiger partial charge in [0.05, 0.1) is 38.7 Å². The van der Waals surface area contributed by atoms with Gasteiger partial charge in [0.2, 0.25) is 5.88 Å². The van der Waals surface area contributed by atoms with Crippen LogP contribution in [0.3, 0.4) is 0 Å². The maximum atomic E-state index is 6.10. The standard InChI is InChI=1S/C16H20N4O3/c1-2-22-15-4-3-12(7-17-15)14-9-20(19-18-14)8-13-5-6-16(23-13)10-21-11-16/h3-4,7,9,13H,2,5-6,8,10-11H2,1H3. The van der Waals surface area contributed by atoms with Gasteiger partial charge < -0.3 is 14.2 Å². The number of aromatic nitrogens is 4. The van der Waals surface area contributed by atoms with Crippen LogP contribution in [0.5, 0.6) is 5.88 Å². The fourth-order valence-electron chi connectivity index (χ4n) is 3.06. The van der Waals surface area contributed by atoms with E-state index in [1.807, 2.05) is 29.9 Å². The van der Waals surface area contributed by atoms with Gasteiger partial charge in [-0.2, -0.15) is 0 Å². The fraction of sp³-hybridized carbons (Fsp3) is 0.562. The van der Waals surface area contributed by atoms with E-state index in [1.165, 1.54) is 0 Å². The fourth-order valence-corrected chi connectivity index (χ4v) is 3.06. The molecule has 7 nitrogen and oxygen atoms in total. The lowest BCUT2D eigenvalue weighted by Crippen LogP contribution is -2.49. The average molecular weight is 316 g/mol. The highest BCUT2D eigenvalue weighted by Crippen LogP contribution is 2.36. The van der Waals surface area contributed by atoms with Gasteiger partial charge in [-0.25, -0.2) is 9.67 Å². The Kier molecular flexibility index (Phi) is 3.74. The van der Waals surface area contributed by atoms with Crippen molar-refractivity contribution < 1.29 is 14.2 Å². The highest BCUT2D eigenvalue weighted by molar-refractivity contribution is 5.56. The van der Waals surface area contributed by atoms with Crippen molar-refractivity contribution in [2.24, 2.45) is 0 Å². The number of ether oxygens (including phenoxy) is 3. The minimum Gasteiger partial charge on any atom is -0.478 e. The SMILES string of the molecule is CCOc1ccc(-c2cn(CC3CCC4(COC4)O3)nn2)cn1. The largest absolute Gasteiger partial charge is 0.478 e. The zero-order valence-electron chi connectivity index (χ0n) is 13.1. The van der Waals surface area contributed by atoms with Gasteiger partial charge in [0.1, 0.15) is 11.3 Å². The van der Waals surface area contributed by atoms with Crippen molar-refractivity contribution in [3.8, 4) is 17.1 Å². The topological polar surface area (TPSA) is 71.3 Å². The molecule has 0 saturated carbocycles. The molecule has 4 rings (SSSR count). The Morgan fingerprint density at radius 3 is 2.96 bits per heavy atom. The predicted octanol–water partition coefficient (Wildman–Crippen LogP) is 1.69. The minimum atomic E-state index is -0.0207. The second-order valence-electron chi connectivity index (χ2n) is 6.10. The monoisotopic (exact) mass is 316 g/mol. The summed E-state index contributed by atoms with van der Waals surface area (Å²) in [4.78, 5) is 4.26. The van der Waals surface area contributed by atoms with Crippen LogP contribution in [-0.4, -0.2) is 51.5 Å². The minimum absolute atomic E-state index is 0.0207. The Hall–Kier alpha value is -1.99. The number of pyridine rings is 1. The van der Waals surface area contributed by atoms with E-state index in [-0.39, 0.29) is 11.7 Å². The summed E-state index contributed by atoms with van der Waals surface area (Å²) in [6.07, 6.45) is 5.99. The van der Waals surface area contributed by atoms with Crippen LogP contribution in [0.15, 0.2) is 24.5 Å². The Bertz CT molecular complexity index is 666. The van der Waals surface area contributed by atoms with E-state index in [1.54, 1.807) is 6.20 Å². The maximum Gasteiger partial charge on any atom is 0.213 e. The summed E-state index contributed by atoms with van der Waals surface area (Å²) in [5.74, 6) is 0.621. The first-order valence-electron chi connectivity index (χ1n) is 8.01. The molecule has 1 atom stereocenters. The molecule has 1 spiro atoms. The second-order valence-corrected chi connectivity index (χ2v) is 6.10. The molecule has 2 aromatic heterocycles. The summed E-state index contributed by atoms with van der Waals surface area (Å²) in [6, 6.07) is 3.79. The Balaban J connectivity index is 1.40. The van der Waals surface area contributed by atoms with Crippen molar-refractivity contribution in [2.45, 2.75) is 38.0 Å². The lowest BCUT2D eigenvalue weighted by atomic mass is 9.98. The molecule has 0 amide bonds. The summed E-state index contributed by atoms with van der Waals surface area (Å²) < 4.78 is 18.6. The van der Waals surface area contributed by atoms with E-state index < -0.39 is 0 Å². The highest BCUT2D eigenvalue weighted by Gasteiger charge is 2.46. The summed E-state index contributed by atoms with van der Waals surface area (Å²) in [7, 11) is 0. The van der Waals surface area contributed by atoms with Gasteiger partial charge in [0.15, 0.2) is 0 Å². The molecule has 0 aliphatic carbocycles. The molecular weight excluding hydrogens is 296 g/mol. The number of hydrogen-bond donors (Lipinski definition) is 0. The van der Waals surface area contributed by atoms with Gasteiger partial charge in [0, 0.05) is 17.8 Å². The molecule has 0 radical (unpaired) electrons. The first-order valence-corrected chi connectivity index (χ1v) is 8.01. The molecule has 4 heterocycles. The third kappa shape index (κ3) is 2.94. The van der Waals surface area contributed by atoms with Crippen LogP contribution in [0.4, 0.5) is 0 Å². The van der Waals surface area contributed by atoms with Crippen LogP contribution in [-0.2, 0) is 16.0 Å². The van der Waals surface area contributed by atoms with Crippen molar-refractivity contribution in [3.05, 3.63) is 24.5 Å². The number of hydrogen-bond acceptors (Lipinski definition) is 6. The summed E-state index contributed by atoms with van der Waals surface area (Å²) in [5.41, 5.74) is 1.71. The van der Waals surface area contributed by atoms with Crippen LogP contribution >= 0.6 is 0 Å². The molecule has 23 heavy (non-hydrogen) atoms. The highest BCUT2D eigenvalue weighted by atomic mass is 16.6. The zero-order chi connectivity index (χ0) is 15.7. The number of rotatable bonds is 5. The van der Waals surface area contributed by atoms with Crippen LogP contribution in [0.2, 0.25) is 0 Å². The van der Waals surface area contributed by atoms with Gasteiger partial charge in [-0.3, -0.25) is 0 Å². The molecule has 7 heteroatoms. The molecule has 0 N–H and O–H groups in total. The van der Waals surface area contributed by atoms with Crippen LogP contribution in [0, 0.1) is 0 Å². The van der Waals surface area contributed by atoms with Crippen LogP contribution in [0.1, 0.15) is 19.8 Å². The maximum absolute atomic E-state index is 6.10. The van der Waals surface area contributed by atoms with Crippen molar-refractivity contribution in [3.63, 3.8) is 0 Å². The van der Waals surface area contributed by atoms with Crippen molar-refractivity contribution in [1.29, 1.82) is 0 Å². The quantitative estimate of drug-likeness (QED) is 0.836. The van der Waals surface area contributed by atoms with Gasteiger partial charge >= 0.3 is 0 Å². The van der Waals surface area contributed by atoms with Crippen LogP contribution < -0.4 is 4.74 Å². The van der Waals surface area contributed by atoms with Crippen molar-refractivity contribution in [1.82, 2.24) is 20.0 Å². The molecular formula is C16H20N4O3. The Morgan fingerprint density at radius 1 is 1.39 bits per heavy atom. The van der Waals surface area contributed by atoms with Gasteiger partial charge in [-0.05, 0) is 25.8 Å². The third-order valence-corrected chi connectivity index (χ3v) is 4.32. The van der Waals surface area contributed by atoms with E-state index in [0.29, 0.717) is 12.5 Å². The van der Waals surface area contributed by atoms with E-state index >= 15 is 0 Å². The molecule has 2 aliphatic rings. The van der Waals surface area contributed by atoms with E-state index in [9.17, 15) is 0 Å². The van der Waals surface area contributed by atoms with Gasteiger partial charge in [-0.15, -0.1) is 5.10 Å². The van der Waals surface area contributed by atoms with Gasteiger partial charge in [-0.1, -0.05) is 5.21 Å². The van der Waals surface area contributed by atoms with Crippen molar-refractivity contribution in [2.75, 3.05) is 19.8 Å². The molecule has 0 bridgehead atoms. The lowest BCUT2D eigenvalue weighted by Gasteiger charge is -2.37. The molecule has 1 unspecified atom stereocenters. The van der Waals surface area contributed by atoms with Gasteiger partial charge in [0.25, 0.3) is 0 Å². The van der Waals surface area contributed by atoms with E-state index in [0.717, 1.165) is 43.9 Å². The normalized spacial score (nSPS) is 22.2. The molecule has 2 fully saturated rings. The zero-order valence-corrected chi connectivity index (χ0v) is 13.1. The van der Waals surface area contributed by atoms with E-state index in [4.69, 9.17) is 14.2 Å². The molecule has 2 saturated heterocycles. The third-order valence-electron chi connectivity index (χ3n) is 4.32. The smallest absolute Gasteiger partial charge is 0.213 e. The van der Waals surface area contributed by atoms with Crippen LogP contribution in [0.25, 0.3) is 11.3 Å². The summed E-state index contributed by atoms with van der Waals surface area (Å²) in [6.45, 7) is 4.72.